The maximum atomic E-state index is 11.5. The van der Waals surface area contributed by atoms with Gasteiger partial charge in [0.25, 0.3) is 0 Å². The first-order valence-corrected chi connectivity index (χ1v) is 6.05. The second kappa shape index (κ2) is 4.33. The molecule has 0 amide bonds. The van der Waals surface area contributed by atoms with Crippen LogP contribution >= 0.6 is 0 Å². The van der Waals surface area contributed by atoms with Crippen LogP contribution in [0.2, 0.25) is 0 Å². The van der Waals surface area contributed by atoms with Crippen molar-refractivity contribution in [2.24, 2.45) is 0 Å². The van der Waals surface area contributed by atoms with Crippen molar-refractivity contribution in [2.45, 2.75) is 25.0 Å². The summed E-state index contributed by atoms with van der Waals surface area (Å²) in [5.74, 6) is -0.410. The Labute approximate surface area is 105 Å². The summed E-state index contributed by atoms with van der Waals surface area (Å²) in [5, 5.41) is 0. The Kier molecular flexibility index (Phi) is 2.80. The molecule has 0 aliphatic carbocycles. The first-order chi connectivity index (χ1) is 8.75. The highest BCUT2D eigenvalue weighted by atomic mass is 16.5. The third-order valence-corrected chi connectivity index (χ3v) is 3.68. The Morgan fingerprint density at radius 3 is 2.94 bits per heavy atom. The Morgan fingerprint density at radius 2 is 2.22 bits per heavy atom. The lowest BCUT2D eigenvalue weighted by Gasteiger charge is -2.33. The molecule has 0 saturated carbocycles. The predicted octanol–water partition coefficient (Wildman–Crippen LogP) is 1.40. The second-order valence-electron chi connectivity index (χ2n) is 4.61. The first-order valence-electron chi connectivity index (χ1n) is 6.05. The molecule has 0 N–H and O–H groups in total. The zero-order valence-corrected chi connectivity index (χ0v) is 10.3. The largest absolute Gasteiger partial charge is 0.464 e. The summed E-state index contributed by atoms with van der Waals surface area (Å²) in [6.45, 7) is 1.94. The van der Waals surface area contributed by atoms with Gasteiger partial charge in [-0.2, -0.15) is 0 Å². The molecule has 1 spiro atoms. The van der Waals surface area contributed by atoms with Crippen molar-refractivity contribution in [2.75, 3.05) is 20.3 Å². The van der Waals surface area contributed by atoms with Crippen molar-refractivity contribution in [1.82, 2.24) is 4.98 Å². The lowest BCUT2D eigenvalue weighted by atomic mass is 9.86. The molecular weight excluding hydrogens is 234 g/mol. The maximum Gasteiger partial charge on any atom is 0.356 e. The van der Waals surface area contributed by atoms with Gasteiger partial charge in [-0.05, 0) is 11.6 Å². The number of methoxy groups -OCH3 is 1. The van der Waals surface area contributed by atoms with Gasteiger partial charge in [-0.1, -0.05) is 0 Å². The number of fused-ring (bicyclic) bond motifs is 2. The van der Waals surface area contributed by atoms with Crippen molar-refractivity contribution in [3.63, 3.8) is 0 Å². The van der Waals surface area contributed by atoms with Crippen LogP contribution in [0.3, 0.4) is 0 Å². The Bertz CT molecular complexity index is 474. The SMILES string of the molecule is COC(=O)c1cc2c(cn1)COC21CCOCC1. The molecule has 2 aliphatic rings. The van der Waals surface area contributed by atoms with Crippen LogP contribution in [0.5, 0.6) is 0 Å². The van der Waals surface area contributed by atoms with Crippen molar-refractivity contribution in [3.8, 4) is 0 Å². The van der Waals surface area contributed by atoms with Gasteiger partial charge < -0.3 is 14.2 Å². The number of carbonyl (C=O) groups is 1. The topological polar surface area (TPSA) is 57.7 Å². The van der Waals surface area contributed by atoms with Crippen LogP contribution in [0.4, 0.5) is 0 Å². The molecule has 1 aromatic heterocycles. The molecule has 1 saturated heterocycles. The Morgan fingerprint density at radius 1 is 1.44 bits per heavy atom. The molecule has 1 aromatic rings. The van der Waals surface area contributed by atoms with E-state index in [1.54, 1.807) is 12.3 Å². The van der Waals surface area contributed by atoms with Gasteiger partial charge in [0, 0.05) is 37.8 Å². The van der Waals surface area contributed by atoms with Crippen LogP contribution in [-0.4, -0.2) is 31.3 Å². The Balaban J connectivity index is 2.00. The number of nitrogens with zero attached hydrogens (tertiary/aromatic N) is 1. The van der Waals surface area contributed by atoms with E-state index >= 15 is 0 Å². The summed E-state index contributed by atoms with van der Waals surface area (Å²) in [5.41, 5.74) is 2.18. The molecule has 96 valence electrons. The summed E-state index contributed by atoms with van der Waals surface area (Å²) >= 11 is 0. The monoisotopic (exact) mass is 249 g/mol. The van der Waals surface area contributed by atoms with Crippen LogP contribution in [-0.2, 0) is 26.4 Å². The van der Waals surface area contributed by atoms with E-state index in [9.17, 15) is 4.79 Å². The number of ether oxygens (including phenoxy) is 3. The van der Waals surface area contributed by atoms with Gasteiger partial charge in [-0.15, -0.1) is 0 Å². The minimum Gasteiger partial charge on any atom is -0.464 e. The maximum absolute atomic E-state index is 11.5. The molecule has 5 nitrogen and oxygen atoms in total. The molecule has 0 bridgehead atoms. The number of hydrogen-bond donors (Lipinski definition) is 0. The third kappa shape index (κ3) is 1.71. The highest BCUT2D eigenvalue weighted by Crippen LogP contribution is 2.43. The minimum absolute atomic E-state index is 0.292. The average Bonchev–Trinajstić information content (AvgIpc) is 2.77. The van der Waals surface area contributed by atoms with E-state index in [0.29, 0.717) is 25.5 Å². The van der Waals surface area contributed by atoms with Crippen LogP contribution in [0.1, 0.15) is 34.5 Å². The summed E-state index contributed by atoms with van der Waals surface area (Å²) in [6, 6.07) is 1.81. The third-order valence-electron chi connectivity index (χ3n) is 3.68. The van der Waals surface area contributed by atoms with E-state index in [-0.39, 0.29) is 5.60 Å². The van der Waals surface area contributed by atoms with Gasteiger partial charge >= 0.3 is 5.97 Å². The molecule has 0 aromatic carbocycles. The number of carbonyl (C=O) groups excluding carboxylic acids is 1. The van der Waals surface area contributed by atoms with Crippen LogP contribution in [0.15, 0.2) is 12.3 Å². The van der Waals surface area contributed by atoms with Gasteiger partial charge in [0.15, 0.2) is 0 Å². The molecule has 3 heterocycles. The quantitative estimate of drug-likeness (QED) is 0.704. The summed E-state index contributed by atoms with van der Waals surface area (Å²) in [6.07, 6.45) is 3.36. The molecular formula is C13H15NO4. The smallest absolute Gasteiger partial charge is 0.356 e. The summed E-state index contributed by atoms with van der Waals surface area (Å²) in [4.78, 5) is 15.6. The van der Waals surface area contributed by atoms with Gasteiger partial charge in [0.05, 0.1) is 19.3 Å². The lowest BCUT2D eigenvalue weighted by Crippen LogP contribution is -2.33. The van der Waals surface area contributed by atoms with Crippen LogP contribution in [0, 0.1) is 0 Å². The van der Waals surface area contributed by atoms with Crippen molar-refractivity contribution < 1.29 is 19.0 Å². The Hall–Kier alpha value is -1.46. The van der Waals surface area contributed by atoms with E-state index in [0.717, 1.165) is 24.0 Å². The van der Waals surface area contributed by atoms with Gasteiger partial charge in [-0.3, -0.25) is 0 Å². The number of esters is 1. The molecule has 1 fully saturated rings. The van der Waals surface area contributed by atoms with E-state index in [1.807, 2.05) is 0 Å². The second-order valence-corrected chi connectivity index (χ2v) is 4.61. The molecule has 18 heavy (non-hydrogen) atoms. The average molecular weight is 249 g/mol. The molecule has 5 heteroatoms. The van der Waals surface area contributed by atoms with Gasteiger partial charge in [0.2, 0.25) is 0 Å². The highest BCUT2D eigenvalue weighted by Gasteiger charge is 2.42. The van der Waals surface area contributed by atoms with Crippen LogP contribution in [0.25, 0.3) is 0 Å². The number of aromatic nitrogens is 1. The molecule has 2 aliphatic heterocycles. The van der Waals surface area contributed by atoms with Gasteiger partial charge in [-0.25, -0.2) is 9.78 Å². The lowest BCUT2D eigenvalue weighted by molar-refractivity contribution is -0.107. The standard InChI is InChI=1S/C13H15NO4/c1-16-12(15)11-6-10-9(7-14-11)8-18-13(10)2-4-17-5-3-13/h6-7H,2-5,8H2,1H3. The minimum atomic E-state index is -0.410. The summed E-state index contributed by atoms with van der Waals surface area (Å²) in [7, 11) is 1.36. The van der Waals surface area contributed by atoms with Gasteiger partial charge in [0.1, 0.15) is 5.69 Å². The zero-order chi connectivity index (χ0) is 12.6. The van der Waals surface area contributed by atoms with Crippen LogP contribution < -0.4 is 0 Å². The summed E-state index contributed by atoms with van der Waals surface area (Å²) < 4.78 is 16.0. The van der Waals surface area contributed by atoms with Crippen molar-refractivity contribution in [1.29, 1.82) is 0 Å². The molecule has 0 radical (unpaired) electrons. The normalized spacial score (nSPS) is 20.7. The van der Waals surface area contributed by atoms with E-state index in [2.05, 4.69) is 4.98 Å². The predicted molar refractivity (Wildman–Crippen MR) is 62.1 cm³/mol. The fourth-order valence-electron chi connectivity index (χ4n) is 2.65. The zero-order valence-electron chi connectivity index (χ0n) is 10.3. The van der Waals surface area contributed by atoms with E-state index < -0.39 is 5.97 Å². The number of hydrogen-bond acceptors (Lipinski definition) is 5. The number of rotatable bonds is 1. The number of pyridine rings is 1. The first kappa shape index (κ1) is 11.6. The highest BCUT2D eigenvalue weighted by molar-refractivity contribution is 5.87. The fourth-order valence-corrected chi connectivity index (χ4v) is 2.65. The van der Waals surface area contributed by atoms with E-state index in [1.165, 1.54) is 7.11 Å². The van der Waals surface area contributed by atoms with Crippen molar-refractivity contribution in [3.05, 3.63) is 29.1 Å². The van der Waals surface area contributed by atoms with Crippen molar-refractivity contribution >= 4 is 5.97 Å². The van der Waals surface area contributed by atoms with E-state index in [4.69, 9.17) is 14.2 Å². The molecule has 0 unspecified atom stereocenters. The fraction of sp³-hybridized carbons (Fsp3) is 0.538. The molecule has 3 rings (SSSR count). The molecule has 0 atom stereocenters.